The number of likely N-dealkylation sites (tertiary alicyclic amines) is 1. The number of likely N-dealkylation sites (N-methyl/N-ethyl adjacent to an activating group) is 2. The summed E-state index contributed by atoms with van der Waals surface area (Å²) in [4.78, 5) is 4.92. The van der Waals surface area contributed by atoms with Gasteiger partial charge in [-0.15, -0.1) is 0 Å². The molecule has 2 aliphatic rings. The van der Waals surface area contributed by atoms with Crippen LogP contribution in [0, 0.1) is 11.3 Å². The first-order valence-corrected chi connectivity index (χ1v) is 7.47. The van der Waals surface area contributed by atoms with Gasteiger partial charge in [0.25, 0.3) is 0 Å². The summed E-state index contributed by atoms with van der Waals surface area (Å²) in [5, 5.41) is 10.4. The molecule has 0 radical (unpaired) electrons. The minimum absolute atomic E-state index is 0.120. The number of nitrogens with zero attached hydrogens (tertiary/aromatic N) is 2. The molecule has 0 spiro atoms. The van der Waals surface area contributed by atoms with Crippen molar-refractivity contribution in [3.8, 4) is 0 Å². The van der Waals surface area contributed by atoms with E-state index in [2.05, 4.69) is 37.7 Å². The standard InChI is InChI=1S/C15H30N2O/c1-15(2)8-7-12(14(15)18)10-17(4)13-6-5-9-16(3)11-13/h12-14,18H,5-11H2,1-4H3. The van der Waals surface area contributed by atoms with Gasteiger partial charge in [0.05, 0.1) is 6.10 Å². The Morgan fingerprint density at radius 2 is 2.06 bits per heavy atom. The van der Waals surface area contributed by atoms with Crippen molar-refractivity contribution in [3.63, 3.8) is 0 Å². The van der Waals surface area contributed by atoms with Crippen LogP contribution in [0.1, 0.15) is 39.5 Å². The van der Waals surface area contributed by atoms with Gasteiger partial charge in [0.2, 0.25) is 0 Å². The van der Waals surface area contributed by atoms with Crippen molar-refractivity contribution in [2.45, 2.75) is 51.7 Å². The van der Waals surface area contributed by atoms with Crippen molar-refractivity contribution in [1.82, 2.24) is 9.80 Å². The molecule has 3 unspecified atom stereocenters. The lowest BCUT2D eigenvalue weighted by Gasteiger charge is -2.38. The normalized spacial score (nSPS) is 37.3. The van der Waals surface area contributed by atoms with Gasteiger partial charge in [-0.05, 0) is 57.7 Å². The van der Waals surface area contributed by atoms with Crippen LogP contribution in [-0.4, -0.2) is 60.8 Å². The number of aliphatic hydroxyl groups is 1. The molecule has 2 rings (SSSR count). The average molecular weight is 254 g/mol. The van der Waals surface area contributed by atoms with Gasteiger partial charge in [0.1, 0.15) is 0 Å². The van der Waals surface area contributed by atoms with Crippen LogP contribution in [0.15, 0.2) is 0 Å². The van der Waals surface area contributed by atoms with Gasteiger partial charge in [-0.3, -0.25) is 0 Å². The number of hydrogen-bond acceptors (Lipinski definition) is 3. The van der Waals surface area contributed by atoms with Gasteiger partial charge in [0, 0.05) is 19.1 Å². The van der Waals surface area contributed by atoms with E-state index in [1.165, 1.54) is 32.4 Å². The summed E-state index contributed by atoms with van der Waals surface area (Å²) in [5.41, 5.74) is 0.120. The Morgan fingerprint density at radius 1 is 1.33 bits per heavy atom. The molecular weight excluding hydrogens is 224 g/mol. The topological polar surface area (TPSA) is 26.7 Å². The predicted molar refractivity (Wildman–Crippen MR) is 75.7 cm³/mol. The van der Waals surface area contributed by atoms with Crippen LogP contribution in [0.25, 0.3) is 0 Å². The van der Waals surface area contributed by atoms with E-state index in [9.17, 15) is 5.11 Å². The minimum atomic E-state index is -0.124. The smallest absolute Gasteiger partial charge is 0.0631 e. The van der Waals surface area contributed by atoms with Gasteiger partial charge < -0.3 is 14.9 Å². The molecule has 3 atom stereocenters. The molecule has 1 heterocycles. The molecule has 0 aromatic heterocycles. The molecule has 0 aromatic carbocycles. The summed E-state index contributed by atoms with van der Waals surface area (Å²) >= 11 is 0. The molecule has 1 saturated carbocycles. The van der Waals surface area contributed by atoms with Crippen LogP contribution < -0.4 is 0 Å². The maximum absolute atomic E-state index is 10.4. The van der Waals surface area contributed by atoms with Crippen LogP contribution in [0.4, 0.5) is 0 Å². The fourth-order valence-corrected chi connectivity index (χ4v) is 3.71. The van der Waals surface area contributed by atoms with Crippen molar-refractivity contribution >= 4 is 0 Å². The Hall–Kier alpha value is -0.120. The summed E-state index contributed by atoms with van der Waals surface area (Å²) in [6, 6.07) is 0.680. The third-order valence-corrected chi connectivity index (χ3v) is 5.15. The highest BCUT2D eigenvalue weighted by atomic mass is 16.3. The monoisotopic (exact) mass is 254 g/mol. The lowest BCUT2D eigenvalue weighted by atomic mass is 9.87. The molecule has 1 aliphatic carbocycles. The van der Waals surface area contributed by atoms with E-state index >= 15 is 0 Å². The molecule has 1 aliphatic heterocycles. The summed E-state index contributed by atoms with van der Waals surface area (Å²) in [5.74, 6) is 0.470. The fraction of sp³-hybridized carbons (Fsp3) is 1.00. The zero-order valence-corrected chi connectivity index (χ0v) is 12.5. The van der Waals surface area contributed by atoms with E-state index in [4.69, 9.17) is 0 Å². The second-order valence-corrected chi connectivity index (χ2v) is 7.23. The fourth-order valence-electron chi connectivity index (χ4n) is 3.71. The summed E-state index contributed by atoms with van der Waals surface area (Å²) in [6.07, 6.45) is 4.84. The molecule has 106 valence electrons. The van der Waals surface area contributed by atoms with E-state index in [-0.39, 0.29) is 11.5 Å². The summed E-state index contributed by atoms with van der Waals surface area (Å²) < 4.78 is 0. The highest BCUT2D eigenvalue weighted by Crippen LogP contribution is 2.41. The SMILES string of the molecule is CN1CCCC(N(C)CC2CCC(C)(C)C2O)C1. The minimum Gasteiger partial charge on any atom is -0.392 e. The molecular formula is C15H30N2O. The van der Waals surface area contributed by atoms with E-state index < -0.39 is 0 Å². The predicted octanol–water partition coefficient (Wildman–Crippen LogP) is 1.81. The second kappa shape index (κ2) is 5.48. The van der Waals surface area contributed by atoms with Crippen molar-refractivity contribution in [2.24, 2.45) is 11.3 Å². The summed E-state index contributed by atoms with van der Waals surface area (Å²) in [6.45, 7) is 7.88. The highest BCUT2D eigenvalue weighted by Gasteiger charge is 2.41. The Bertz CT molecular complexity index is 280. The second-order valence-electron chi connectivity index (χ2n) is 7.23. The van der Waals surface area contributed by atoms with Crippen LogP contribution in [0.2, 0.25) is 0 Å². The van der Waals surface area contributed by atoms with Crippen molar-refractivity contribution in [2.75, 3.05) is 33.7 Å². The number of piperidine rings is 1. The first kappa shape index (κ1) is 14.3. The largest absolute Gasteiger partial charge is 0.392 e. The quantitative estimate of drug-likeness (QED) is 0.832. The Labute approximate surface area is 112 Å². The van der Waals surface area contributed by atoms with Crippen LogP contribution in [-0.2, 0) is 0 Å². The number of aliphatic hydroxyl groups excluding tert-OH is 1. The third kappa shape index (κ3) is 3.06. The molecule has 0 amide bonds. The Balaban J connectivity index is 1.86. The van der Waals surface area contributed by atoms with Gasteiger partial charge in [-0.25, -0.2) is 0 Å². The summed E-state index contributed by atoms with van der Waals surface area (Å²) in [7, 11) is 4.45. The number of rotatable bonds is 3. The number of hydrogen-bond donors (Lipinski definition) is 1. The van der Waals surface area contributed by atoms with E-state index in [0.717, 1.165) is 13.0 Å². The first-order valence-electron chi connectivity index (χ1n) is 7.47. The molecule has 0 bridgehead atoms. The average Bonchev–Trinajstić information content (AvgIpc) is 2.56. The Kier molecular flexibility index (Phi) is 4.35. The lowest BCUT2D eigenvalue weighted by Crippen LogP contribution is -2.47. The van der Waals surface area contributed by atoms with Gasteiger partial charge >= 0.3 is 0 Å². The zero-order valence-electron chi connectivity index (χ0n) is 12.5. The van der Waals surface area contributed by atoms with Gasteiger partial charge in [0.15, 0.2) is 0 Å². The molecule has 3 nitrogen and oxygen atoms in total. The highest BCUT2D eigenvalue weighted by molar-refractivity contribution is 4.93. The Morgan fingerprint density at radius 3 is 2.61 bits per heavy atom. The van der Waals surface area contributed by atoms with Crippen LogP contribution >= 0.6 is 0 Å². The molecule has 0 aromatic rings. The molecule has 1 saturated heterocycles. The van der Waals surface area contributed by atoms with E-state index in [0.29, 0.717) is 12.0 Å². The lowest BCUT2D eigenvalue weighted by molar-refractivity contribution is 0.0250. The molecule has 18 heavy (non-hydrogen) atoms. The van der Waals surface area contributed by atoms with Gasteiger partial charge in [-0.2, -0.15) is 0 Å². The van der Waals surface area contributed by atoms with Gasteiger partial charge in [-0.1, -0.05) is 13.8 Å². The van der Waals surface area contributed by atoms with Crippen LogP contribution in [0.5, 0.6) is 0 Å². The van der Waals surface area contributed by atoms with Crippen molar-refractivity contribution in [3.05, 3.63) is 0 Å². The van der Waals surface area contributed by atoms with E-state index in [1.54, 1.807) is 0 Å². The van der Waals surface area contributed by atoms with Crippen molar-refractivity contribution < 1.29 is 5.11 Å². The van der Waals surface area contributed by atoms with Crippen molar-refractivity contribution in [1.29, 1.82) is 0 Å². The first-order chi connectivity index (χ1) is 8.40. The third-order valence-electron chi connectivity index (χ3n) is 5.15. The van der Waals surface area contributed by atoms with E-state index in [1.807, 2.05) is 0 Å². The maximum Gasteiger partial charge on any atom is 0.0631 e. The molecule has 1 N–H and O–H groups in total. The maximum atomic E-state index is 10.4. The zero-order chi connectivity index (χ0) is 13.3. The van der Waals surface area contributed by atoms with Crippen LogP contribution in [0.3, 0.4) is 0 Å². The molecule has 2 fully saturated rings. The molecule has 3 heteroatoms.